The van der Waals surface area contributed by atoms with E-state index in [0.717, 1.165) is 18.2 Å². The van der Waals surface area contributed by atoms with Gasteiger partial charge in [-0.2, -0.15) is 0 Å². The Morgan fingerprint density at radius 2 is 2.00 bits per heavy atom. The molecule has 3 nitrogen and oxygen atoms in total. The Balaban J connectivity index is 1.84. The summed E-state index contributed by atoms with van der Waals surface area (Å²) in [6.45, 7) is 0.846. The molecule has 0 spiro atoms. The van der Waals surface area contributed by atoms with Crippen LogP contribution in [0.5, 0.6) is 5.75 Å². The van der Waals surface area contributed by atoms with Gasteiger partial charge in [0.15, 0.2) is 0 Å². The second kappa shape index (κ2) is 4.81. The fourth-order valence-electron chi connectivity index (χ4n) is 3.67. The fraction of sp³-hybridized carbons (Fsp3) is 0.600. The molecular weight excluding hydrogens is 224 g/mol. The molecule has 0 saturated carbocycles. The Morgan fingerprint density at radius 3 is 2.61 bits per heavy atom. The van der Waals surface area contributed by atoms with E-state index >= 15 is 0 Å². The van der Waals surface area contributed by atoms with Gasteiger partial charge in [-0.15, -0.1) is 0 Å². The van der Waals surface area contributed by atoms with Crippen LogP contribution in [-0.2, 0) is 0 Å². The van der Waals surface area contributed by atoms with E-state index in [1.807, 2.05) is 6.07 Å². The first-order chi connectivity index (χ1) is 8.81. The molecule has 98 valence electrons. The SMILES string of the molecule is COc1cccc(N2C3CCC2CC(CN)C3)c1. The third kappa shape index (κ3) is 1.97. The van der Waals surface area contributed by atoms with Crippen molar-refractivity contribution in [1.29, 1.82) is 0 Å². The molecule has 2 fully saturated rings. The predicted molar refractivity (Wildman–Crippen MR) is 74.1 cm³/mol. The Morgan fingerprint density at radius 1 is 1.28 bits per heavy atom. The number of piperidine rings is 1. The minimum Gasteiger partial charge on any atom is -0.497 e. The first kappa shape index (κ1) is 11.8. The number of hydrogen-bond acceptors (Lipinski definition) is 3. The number of rotatable bonds is 3. The third-order valence-corrected chi connectivity index (χ3v) is 4.52. The molecule has 2 heterocycles. The maximum atomic E-state index is 5.85. The normalized spacial score (nSPS) is 30.6. The first-order valence-corrected chi connectivity index (χ1v) is 6.94. The van der Waals surface area contributed by atoms with Crippen LogP contribution in [0.1, 0.15) is 25.7 Å². The molecule has 18 heavy (non-hydrogen) atoms. The molecule has 3 heteroatoms. The van der Waals surface area contributed by atoms with E-state index in [-0.39, 0.29) is 0 Å². The maximum Gasteiger partial charge on any atom is 0.120 e. The molecule has 2 saturated heterocycles. The van der Waals surface area contributed by atoms with Crippen molar-refractivity contribution in [3.05, 3.63) is 24.3 Å². The number of nitrogens with two attached hydrogens (primary N) is 1. The number of fused-ring (bicyclic) bond motifs is 2. The zero-order chi connectivity index (χ0) is 12.5. The van der Waals surface area contributed by atoms with E-state index in [2.05, 4.69) is 23.1 Å². The van der Waals surface area contributed by atoms with Crippen LogP contribution in [0.4, 0.5) is 5.69 Å². The maximum absolute atomic E-state index is 5.85. The summed E-state index contributed by atoms with van der Waals surface area (Å²) < 4.78 is 5.33. The second-order valence-electron chi connectivity index (χ2n) is 5.57. The van der Waals surface area contributed by atoms with E-state index in [9.17, 15) is 0 Å². The second-order valence-corrected chi connectivity index (χ2v) is 5.57. The largest absolute Gasteiger partial charge is 0.497 e. The standard InChI is InChI=1S/C15H22N2O/c1-18-15-4-2-3-12(9-15)17-13-5-6-14(17)8-11(7-13)10-16/h2-4,9,11,13-14H,5-8,10,16H2,1H3. The van der Waals surface area contributed by atoms with Gasteiger partial charge in [0.25, 0.3) is 0 Å². The average Bonchev–Trinajstić information content (AvgIpc) is 2.69. The molecule has 0 amide bonds. The predicted octanol–water partition coefficient (Wildman–Crippen LogP) is 2.40. The van der Waals surface area contributed by atoms with Gasteiger partial charge in [0.1, 0.15) is 5.75 Å². The van der Waals surface area contributed by atoms with Crippen LogP contribution in [0, 0.1) is 5.92 Å². The quantitative estimate of drug-likeness (QED) is 0.890. The molecule has 2 aliphatic rings. The fourth-order valence-corrected chi connectivity index (χ4v) is 3.67. The van der Waals surface area contributed by atoms with Crippen LogP contribution in [-0.4, -0.2) is 25.7 Å². The molecule has 2 bridgehead atoms. The van der Waals surface area contributed by atoms with Crippen LogP contribution in [0.2, 0.25) is 0 Å². The Bertz CT molecular complexity index is 407. The van der Waals surface area contributed by atoms with Gasteiger partial charge in [-0.05, 0) is 50.3 Å². The lowest BCUT2D eigenvalue weighted by molar-refractivity contribution is 0.346. The van der Waals surface area contributed by atoms with Crippen LogP contribution in [0.15, 0.2) is 24.3 Å². The molecule has 1 aromatic rings. The van der Waals surface area contributed by atoms with Gasteiger partial charge in [0, 0.05) is 23.8 Å². The van der Waals surface area contributed by atoms with Gasteiger partial charge < -0.3 is 15.4 Å². The van der Waals surface area contributed by atoms with Crippen LogP contribution < -0.4 is 15.4 Å². The molecule has 0 aliphatic carbocycles. The summed E-state index contributed by atoms with van der Waals surface area (Å²) in [7, 11) is 1.73. The Kier molecular flexibility index (Phi) is 3.16. The van der Waals surface area contributed by atoms with E-state index in [1.54, 1.807) is 7.11 Å². The van der Waals surface area contributed by atoms with Gasteiger partial charge >= 0.3 is 0 Å². The van der Waals surface area contributed by atoms with Crippen LogP contribution in [0.3, 0.4) is 0 Å². The van der Waals surface area contributed by atoms with Crippen molar-refractivity contribution >= 4 is 5.69 Å². The average molecular weight is 246 g/mol. The molecule has 2 atom stereocenters. The van der Waals surface area contributed by atoms with Gasteiger partial charge in [0.05, 0.1) is 7.11 Å². The Labute approximate surface area is 109 Å². The van der Waals surface area contributed by atoms with Crippen molar-refractivity contribution in [3.63, 3.8) is 0 Å². The lowest BCUT2D eigenvalue weighted by Crippen LogP contribution is -2.44. The minimum absolute atomic E-state index is 0.685. The molecule has 3 rings (SSSR count). The summed E-state index contributed by atoms with van der Waals surface area (Å²) in [6.07, 6.45) is 5.14. The summed E-state index contributed by atoms with van der Waals surface area (Å²) in [6, 6.07) is 9.83. The van der Waals surface area contributed by atoms with E-state index in [0.29, 0.717) is 12.1 Å². The van der Waals surface area contributed by atoms with Crippen molar-refractivity contribution in [2.45, 2.75) is 37.8 Å². The highest BCUT2D eigenvalue weighted by molar-refractivity contribution is 5.54. The third-order valence-electron chi connectivity index (χ3n) is 4.52. The minimum atomic E-state index is 0.685. The summed E-state index contributed by atoms with van der Waals surface area (Å²) in [4.78, 5) is 2.61. The van der Waals surface area contributed by atoms with Gasteiger partial charge in [-0.1, -0.05) is 6.07 Å². The van der Waals surface area contributed by atoms with Crippen LogP contribution in [0.25, 0.3) is 0 Å². The molecule has 0 radical (unpaired) electrons. The smallest absolute Gasteiger partial charge is 0.120 e. The molecule has 2 aliphatic heterocycles. The van der Waals surface area contributed by atoms with Crippen LogP contribution >= 0.6 is 0 Å². The number of nitrogens with zero attached hydrogens (tertiary/aromatic N) is 1. The van der Waals surface area contributed by atoms with E-state index in [4.69, 9.17) is 10.5 Å². The highest BCUT2D eigenvalue weighted by atomic mass is 16.5. The molecular formula is C15H22N2O. The van der Waals surface area contributed by atoms with Gasteiger partial charge in [0.2, 0.25) is 0 Å². The van der Waals surface area contributed by atoms with Crippen molar-refractivity contribution < 1.29 is 4.74 Å². The van der Waals surface area contributed by atoms with Crippen molar-refractivity contribution in [1.82, 2.24) is 0 Å². The first-order valence-electron chi connectivity index (χ1n) is 6.94. The highest BCUT2D eigenvalue weighted by Crippen LogP contribution is 2.41. The number of benzene rings is 1. The molecule has 0 aromatic heterocycles. The zero-order valence-corrected chi connectivity index (χ0v) is 11.0. The van der Waals surface area contributed by atoms with E-state index in [1.165, 1.54) is 31.4 Å². The van der Waals surface area contributed by atoms with Crippen molar-refractivity contribution in [2.75, 3.05) is 18.6 Å². The summed E-state index contributed by atoms with van der Waals surface area (Å²) >= 11 is 0. The summed E-state index contributed by atoms with van der Waals surface area (Å²) in [5, 5.41) is 0. The molecule has 2 unspecified atom stereocenters. The Hall–Kier alpha value is -1.22. The van der Waals surface area contributed by atoms with Gasteiger partial charge in [-0.3, -0.25) is 0 Å². The summed E-state index contributed by atoms with van der Waals surface area (Å²) in [5.74, 6) is 1.68. The number of methoxy groups -OCH3 is 1. The highest BCUT2D eigenvalue weighted by Gasteiger charge is 2.40. The topological polar surface area (TPSA) is 38.5 Å². The number of ether oxygens (including phenoxy) is 1. The monoisotopic (exact) mass is 246 g/mol. The molecule has 1 aromatic carbocycles. The van der Waals surface area contributed by atoms with Crippen molar-refractivity contribution in [3.8, 4) is 5.75 Å². The van der Waals surface area contributed by atoms with Gasteiger partial charge in [-0.25, -0.2) is 0 Å². The van der Waals surface area contributed by atoms with E-state index < -0.39 is 0 Å². The lowest BCUT2D eigenvalue weighted by atomic mass is 9.90. The summed E-state index contributed by atoms with van der Waals surface area (Å²) in [5.41, 5.74) is 7.16. The zero-order valence-electron chi connectivity index (χ0n) is 11.0. The van der Waals surface area contributed by atoms with Crippen molar-refractivity contribution in [2.24, 2.45) is 11.7 Å². The molecule has 2 N–H and O–H groups in total. The number of anilines is 1. The lowest BCUT2D eigenvalue weighted by Gasteiger charge is -2.40. The number of hydrogen-bond donors (Lipinski definition) is 1.